The van der Waals surface area contributed by atoms with Gasteiger partial charge in [-0.05, 0) is 31.6 Å². The normalized spacial score (nSPS) is 36.1. The molecule has 0 saturated heterocycles. The van der Waals surface area contributed by atoms with E-state index in [1.165, 1.54) is 12.8 Å². The number of hydrogen-bond donors (Lipinski definition) is 0. The van der Waals surface area contributed by atoms with Crippen LogP contribution < -0.4 is 0 Å². The first kappa shape index (κ1) is 6.85. The highest BCUT2D eigenvalue weighted by Gasteiger charge is 2.15. The van der Waals surface area contributed by atoms with Gasteiger partial charge in [0, 0.05) is 0 Å². The molecule has 1 aliphatic rings. The molecule has 0 nitrogen and oxygen atoms in total. The van der Waals surface area contributed by atoms with Crippen LogP contribution in [0.25, 0.3) is 0 Å². The van der Waals surface area contributed by atoms with Crippen LogP contribution in [0, 0.1) is 11.8 Å². The summed E-state index contributed by atoms with van der Waals surface area (Å²) in [7, 11) is 0. The van der Waals surface area contributed by atoms with Crippen molar-refractivity contribution in [1.29, 1.82) is 0 Å². The first-order valence-electron chi connectivity index (χ1n) is 3.86. The third-order valence-corrected chi connectivity index (χ3v) is 2.45. The summed E-state index contributed by atoms with van der Waals surface area (Å²) in [6.07, 6.45) is 5.00. The molecular weight excluding hydrogens is 108 g/mol. The van der Waals surface area contributed by atoms with Crippen LogP contribution in [0.5, 0.6) is 0 Å². The van der Waals surface area contributed by atoms with Crippen LogP contribution in [0.1, 0.15) is 33.6 Å². The van der Waals surface area contributed by atoms with Gasteiger partial charge in [-0.1, -0.05) is 25.5 Å². The van der Waals surface area contributed by atoms with Gasteiger partial charge in [-0.25, -0.2) is 0 Å². The van der Waals surface area contributed by atoms with Gasteiger partial charge in [0.15, 0.2) is 0 Å². The maximum Gasteiger partial charge on any atom is -0.0295 e. The summed E-state index contributed by atoms with van der Waals surface area (Å²) in [5.41, 5.74) is 1.58. The fraction of sp³-hybridized carbons (Fsp3) is 0.778. The third-order valence-electron chi connectivity index (χ3n) is 2.45. The molecule has 0 aromatic carbocycles. The predicted octanol–water partition coefficient (Wildman–Crippen LogP) is 3.00. The van der Waals surface area contributed by atoms with Gasteiger partial charge >= 0.3 is 0 Å². The molecule has 0 fully saturated rings. The van der Waals surface area contributed by atoms with Crippen LogP contribution in [0.3, 0.4) is 0 Å². The Labute approximate surface area is 58.0 Å². The third kappa shape index (κ3) is 1.57. The van der Waals surface area contributed by atoms with Gasteiger partial charge in [0.1, 0.15) is 0 Å². The zero-order valence-electron chi connectivity index (χ0n) is 6.65. The molecule has 0 aromatic rings. The quantitative estimate of drug-likeness (QED) is 0.435. The van der Waals surface area contributed by atoms with Gasteiger partial charge in [0.2, 0.25) is 0 Å². The molecule has 0 heteroatoms. The minimum atomic E-state index is 0.911. The van der Waals surface area contributed by atoms with Crippen molar-refractivity contribution in [3.05, 3.63) is 11.6 Å². The van der Waals surface area contributed by atoms with Crippen LogP contribution in [0.4, 0.5) is 0 Å². The Morgan fingerprint density at radius 2 is 2.00 bits per heavy atom. The van der Waals surface area contributed by atoms with Crippen molar-refractivity contribution in [1.82, 2.24) is 0 Å². The van der Waals surface area contributed by atoms with E-state index in [9.17, 15) is 0 Å². The lowest BCUT2D eigenvalue weighted by Crippen LogP contribution is -2.11. The monoisotopic (exact) mass is 124 g/mol. The summed E-state index contributed by atoms with van der Waals surface area (Å²) < 4.78 is 0. The first-order valence-corrected chi connectivity index (χ1v) is 3.86. The molecule has 1 aliphatic carbocycles. The molecule has 1 rings (SSSR count). The van der Waals surface area contributed by atoms with Gasteiger partial charge < -0.3 is 0 Å². The Balaban J connectivity index is 2.54. The molecule has 52 valence electrons. The van der Waals surface area contributed by atoms with E-state index >= 15 is 0 Å². The van der Waals surface area contributed by atoms with Crippen molar-refractivity contribution < 1.29 is 0 Å². The highest BCUT2D eigenvalue weighted by atomic mass is 14.2. The fourth-order valence-electron chi connectivity index (χ4n) is 1.41. The topological polar surface area (TPSA) is 0 Å². The van der Waals surface area contributed by atoms with E-state index < -0.39 is 0 Å². The lowest BCUT2D eigenvalue weighted by molar-refractivity contribution is 0.369. The van der Waals surface area contributed by atoms with E-state index in [1.807, 2.05) is 0 Å². The lowest BCUT2D eigenvalue weighted by atomic mass is 9.83. The summed E-state index contributed by atoms with van der Waals surface area (Å²) in [5.74, 6) is 1.82. The Bertz CT molecular complexity index is 122. The molecule has 0 saturated carbocycles. The molecule has 0 heterocycles. The Hall–Kier alpha value is -0.260. The van der Waals surface area contributed by atoms with E-state index in [0.717, 1.165) is 11.8 Å². The number of hydrogen-bond acceptors (Lipinski definition) is 0. The Morgan fingerprint density at radius 3 is 2.44 bits per heavy atom. The summed E-state index contributed by atoms with van der Waals surface area (Å²) in [4.78, 5) is 0. The second-order valence-electron chi connectivity index (χ2n) is 3.44. The van der Waals surface area contributed by atoms with Crippen molar-refractivity contribution in [2.75, 3.05) is 0 Å². The standard InChI is InChI=1S/C9H16/c1-7-4-5-8(2)9(3)6-7/h4,8-9H,5-6H2,1-3H3/t8-,9-/m0/s1. The molecule has 0 N–H and O–H groups in total. The van der Waals surface area contributed by atoms with Gasteiger partial charge in [0.05, 0.1) is 0 Å². The van der Waals surface area contributed by atoms with E-state index in [-0.39, 0.29) is 0 Å². The first-order chi connectivity index (χ1) is 4.20. The van der Waals surface area contributed by atoms with E-state index in [2.05, 4.69) is 26.8 Å². The van der Waals surface area contributed by atoms with Crippen LogP contribution >= 0.6 is 0 Å². The summed E-state index contributed by atoms with van der Waals surface area (Å²) in [6.45, 7) is 6.93. The van der Waals surface area contributed by atoms with Gasteiger partial charge in [-0.3, -0.25) is 0 Å². The van der Waals surface area contributed by atoms with E-state index in [4.69, 9.17) is 0 Å². The van der Waals surface area contributed by atoms with Crippen molar-refractivity contribution in [3.8, 4) is 0 Å². The van der Waals surface area contributed by atoms with Gasteiger partial charge in [-0.2, -0.15) is 0 Å². The predicted molar refractivity (Wildman–Crippen MR) is 41.3 cm³/mol. The summed E-state index contributed by atoms with van der Waals surface area (Å²) >= 11 is 0. The van der Waals surface area contributed by atoms with Crippen LogP contribution in [0.2, 0.25) is 0 Å². The van der Waals surface area contributed by atoms with E-state index in [1.54, 1.807) is 5.57 Å². The molecule has 0 amide bonds. The molecule has 0 spiro atoms. The lowest BCUT2D eigenvalue weighted by Gasteiger charge is -2.23. The average Bonchev–Trinajstić information content (AvgIpc) is 1.80. The summed E-state index contributed by atoms with van der Waals surface area (Å²) in [5, 5.41) is 0. The van der Waals surface area contributed by atoms with Crippen molar-refractivity contribution >= 4 is 0 Å². The minimum Gasteiger partial charge on any atom is -0.0853 e. The number of allylic oxidation sites excluding steroid dienone is 2. The highest BCUT2D eigenvalue weighted by Crippen LogP contribution is 2.27. The highest BCUT2D eigenvalue weighted by molar-refractivity contribution is 5.04. The van der Waals surface area contributed by atoms with Crippen molar-refractivity contribution in [2.24, 2.45) is 11.8 Å². The molecule has 0 unspecified atom stereocenters. The fourth-order valence-corrected chi connectivity index (χ4v) is 1.41. The molecule has 9 heavy (non-hydrogen) atoms. The van der Waals surface area contributed by atoms with Gasteiger partial charge in [0.25, 0.3) is 0 Å². The zero-order chi connectivity index (χ0) is 6.85. The molecule has 0 aliphatic heterocycles. The largest absolute Gasteiger partial charge is 0.0853 e. The maximum atomic E-state index is 2.38. The van der Waals surface area contributed by atoms with Crippen LogP contribution in [-0.4, -0.2) is 0 Å². The Morgan fingerprint density at radius 1 is 1.33 bits per heavy atom. The molecule has 0 radical (unpaired) electrons. The minimum absolute atomic E-state index is 0.911. The van der Waals surface area contributed by atoms with Gasteiger partial charge in [-0.15, -0.1) is 0 Å². The average molecular weight is 124 g/mol. The smallest absolute Gasteiger partial charge is 0.0295 e. The SMILES string of the molecule is CC1=CC[C@H](C)[C@@H](C)C1. The van der Waals surface area contributed by atoms with Crippen molar-refractivity contribution in [3.63, 3.8) is 0 Å². The summed E-state index contributed by atoms with van der Waals surface area (Å²) in [6, 6.07) is 0. The van der Waals surface area contributed by atoms with E-state index in [0.29, 0.717) is 0 Å². The zero-order valence-corrected chi connectivity index (χ0v) is 6.65. The van der Waals surface area contributed by atoms with Crippen LogP contribution in [-0.2, 0) is 0 Å². The number of rotatable bonds is 0. The molecular formula is C9H16. The van der Waals surface area contributed by atoms with Crippen molar-refractivity contribution in [2.45, 2.75) is 33.6 Å². The van der Waals surface area contributed by atoms with Crippen LogP contribution in [0.15, 0.2) is 11.6 Å². The second kappa shape index (κ2) is 2.55. The maximum absolute atomic E-state index is 2.38. The second-order valence-corrected chi connectivity index (χ2v) is 3.44. The molecule has 0 bridgehead atoms. The molecule has 2 atom stereocenters. The molecule has 0 aromatic heterocycles. The Kier molecular flexibility index (Phi) is 1.94.